The van der Waals surface area contributed by atoms with Crippen molar-refractivity contribution in [1.29, 1.82) is 5.26 Å². The van der Waals surface area contributed by atoms with Crippen LogP contribution in [0, 0.1) is 25.2 Å². The number of rotatable bonds is 4. The van der Waals surface area contributed by atoms with Crippen molar-refractivity contribution in [2.45, 2.75) is 31.6 Å². The Kier molecular flexibility index (Phi) is 4.94. The number of aromatic nitrogens is 2. The molecule has 0 aliphatic carbocycles. The number of nitrogens with zero attached hydrogens (tertiary/aromatic N) is 3. The summed E-state index contributed by atoms with van der Waals surface area (Å²) in [6.45, 7) is 5.28. The van der Waals surface area contributed by atoms with E-state index >= 15 is 0 Å². The first kappa shape index (κ1) is 15.5. The van der Waals surface area contributed by atoms with E-state index in [1.165, 1.54) is 30.0 Å². The number of thiazole rings is 1. The Morgan fingerprint density at radius 3 is 2.90 bits per heavy atom. The van der Waals surface area contributed by atoms with Crippen LogP contribution in [-0.2, 0) is 10.5 Å². The van der Waals surface area contributed by atoms with E-state index in [2.05, 4.69) is 21.4 Å². The van der Waals surface area contributed by atoms with Gasteiger partial charge in [0.15, 0.2) is 5.13 Å². The summed E-state index contributed by atoms with van der Waals surface area (Å²) in [7, 11) is 0. The maximum Gasteiger partial charge on any atom is 0.223 e. The van der Waals surface area contributed by atoms with Gasteiger partial charge in [-0.3, -0.25) is 4.79 Å². The predicted molar refractivity (Wildman–Crippen MR) is 84.4 cm³/mol. The van der Waals surface area contributed by atoms with Gasteiger partial charge in [-0.05, 0) is 25.5 Å². The van der Waals surface area contributed by atoms with Gasteiger partial charge in [0.2, 0.25) is 5.91 Å². The Morgan fingerprint density at radius 2 is 2.24 bits per heavy atom. The molecule has 2 heterocycles. The van der Waals surface area contributed by atoms with E-state index in [-0.39, 0.29) is 5.91 Å². The zero-order chi connectivity index (χ0) is 15.4. The normalized spacial score (nSPS) is 10.2. The van der Waals surface area contributed by atoms with E-state index in [0.717, 1.165) is 22.0 Å². The van der Waals surface area contributed by atoms with Gasteiger partial charge in [-0.25, -0.2) is 9.97 Å². The summed E-state index contributed by atoms with van der Waals surface area (Å²) in [5.74, 6) is 0.479. The van der Waals surface area contributed by atoms with Gasteiger partial charge >= 0.3 is 0 Å². The molecule has 108 valence electrons. The number of hydrogen-bond donors (Lipinski definition) is 1. The zero-order valence-electron chi connectivity index (χ0n) is 11.9. The summed E-state index contributed by atoms with van der Waals surface area (Å²) >= 11 is 2.87. The lowest BCUT2D eigenvalue weighted by molar-refractivity contribution is -0.114. The minimum atomic E-state index is -0.133. The largest absolute Gasteiger partial charge is 0.302 e. The van der Waals surface area contributed by atoms with E-state index in [9.17, 15) is 10.1 Å². The van der Waals surface area contributed by atoms with Gasteiger partial charge in [0, 0.05) is 23.8 Å². The molecule has 0 aliphatic heterocycles. The van der Waals surface area contributed by atoms with Crippen LogP contribution in [0.15, 0.2) is 16.5 Å². The monoisotopic (exact) mass is 318 g/mol. The molecule has 21 heavy (non-hydrogen) atoms. The van der Waals surface area contributed by atoms with Gasteiger partial charge in [0.25, 0.3) is 0 Å². The molecule has 0 atom stereocenters. The summed E-state index contributed by atoms with van der Waals surface area (Å²) < 4.78 is 0. The quantitative estimate of drug-likeness (QED) is 0.875. The highest BCUT2D eigenvalue weighted by Crippen LogP contribution is 2.28. The Labute approximate surface area is 131 Å². The third kappa shape index (κ3) is 4.03. The van der Waals surface area contributed by atoms with Gasteiger partial charge in [-0.15, -0.1) is 11.3 Å². The molecule has 0 aromatic carbocycles. The molecule has 2 rings (SSSR count). The Morgan fingerprint density at radius 1 is 1.48 bits per heavy atom. The number of hydrogen-bond acceptors (Lipinski definition) is 6. The second-order valence-corrected chi connectivity index (χ2v) is 6.31. The fourth-order valence-electron chi connectivity index (χ4n) is 1.77. The van der Waals surface area contributed by atoms with Gasteiger partial charge < -0.3 is 5.32 Å². The molecule has 0 unspecified atom stereocenters. The van der Waals surface area contributed by atoms with Crippen molar-refractivity contribution < 1.29 is 4.79 Å². The number of thioether (sulfide) groups is 1. The van der Waals surface area contributed by atoms with Crippen molar-refractivity contribution in [2.24, 2.45) is 0 Å². The van der Waals surface area contributed by atoms with Crippen LogP contribution in [-0.4, -0.2) is 15.9 Å². The molecule has 0 saturated carbocycles. The van der Waals surface area contributed by atoms with Crippen LogP contribution in [0.1, 0.15) is 29.4 Å². The van der Waals surface area contributed by atoms with Gasteiger partial charge in [-0.2, -0.15) is 5.26 Å². The molecule has 0 saturated heterocycles. The lowest BCUT2D eigenvalue weighted by atomic mass is 10.1. The first-order valence-corrected chi connectivity index (χ1v) is 8.09. The fraction of sp³-hybridized carbons (Fsp3) is 0.286. The summed E-state index contributed by atoms with van der Waals surface area (Å²) in [5, 5.41) is 15.1. The van der Waals surface area contributed by atoms with E-state index in [4.69, 9.17) is 0 Å². The van der Waals surface area contributed by atoms with E-state index < -0.39 is 0 Å². The molecule has 0 fully saturated rings. The smallest absolute Gasteiger partial charge is 0.223 e. The topological polar surface area (TPSA) is 78.7 Å². The molecule has 0 bridgehead atoms. The number of aryl methyl sites for hydroxylation is 2. The second kappa shape index (κ2) is 6.70. The van der Waals surface area contributed by atoms with Crippen LogP contribution < -0.4 is 5.32 Å². The number of carbonyl (C=O) groups excluding carboxylic acids is 1. The Hall–Kier alpha value is -1.91. The molecule has 2 aromatic rings. The number of nitriles is 1. The third-order valence-electron chi connectivity index (χ3n) is 2.61. The fourth-order valence-corrected chi connectivity index (χ4v) is 3.62. The molecule has 5 nitrogen and oxygen atoms in total. The highest BCUT2D eigenvalue weighted by Gasteiger charge is 2.11. The Bertz CT molecular complexity index is 718. The molecule has 0 aliphatic rings. The van der Waals surface area contributed by atoms with Crippen LogP contribution in [0.3, 0.4) is 0 Å². The highest BCUT2D eigenvalue weighted by atomic mass is 32.2. The minimum Gasteiger partial charge on any atom is -0.302 e. The van der Waals surface area contributed by atoms with Crippen molar-refractivity contribution in [1.82, 2.24) is 9.97 Å². The SMILES string of the molecule is CC(=O)Nc1nc(CSc2nc(C)cc(C)c2C#N)cs1. The van der Waals surface area contributed by atoms with Gasteiger partial charge in [0.05, 0.1) is 11.3 Å². The standard InChI is InChI=1S/C14H14N4OS2/c1-8-4-9(2)16-13(12(8)5-15)20-6-11-7-21-14(18-11)17-10(3)19/h4,7H,6H2,1-3H3,(H,17,18,19). The van der Waals surface area contributed by atoms with Crippen molar-refractivity contribution in [2.75, 3.05) is 5.32 Å². The minimum absolute atomic E-state index is 0.133. The molecule has 0 spiro atoms. The van der Waals surface area contributed by atoms with Crippen molar-refractivity contribution >= 4 is 34.1 Å². The number of amides is 1. The van der Waals surface area contributed by atoms with E-state index in [1.807, 2.05) is 25.3 Å². The number of anilines is 1. The molecule has 2 aromatic heterocycles. The van der Waals surface area contributed by atoms with Crippen LogP contribution in [0.2, 0.25) is 0 Å². The number of carbonyl (C=O) groups is 1. The summed E-state index contributed by atoms with van der Waals surface area (Å²) in [6.07, 6.45) is 0. The van der Waals surface area contributed by atoms with Crippen molar-refractivity contribution in [3.05, 3.63) is 34.0 Å². The lowest BCUT2D eigenvalue weighted by Crippen LogP contribution is -2.05. The first-order valence-electron chi connectivity index (χ1n) is 6.22. The molecule has 1 N–H and O–H groups in total. The van der Waals surface area contributed by atoms with E-state index in [1.54, 1.807) is 0 Å². The average Bonchev–Trinajstić information content (AvgIpc) is 2.82. The van der Waals surface area contributed by atoms with Gasteiger partial charge in [-0.1, -0.05) is 11.8 Å². The number of nitrogens with one attached hydrogen (secondary N) is 1. The van der Waals surface area contributed by atoms with Crippen molar-refractivity contribution in [3.63, 3.8) is 0 Å². The zero-order valence-corrected chi connectivity index (χ0v) is 13.6. The summed E-state index contributed by atoms with van der Waals surface area (Å²) in [6, 6.07) is 4.10. The van der Waals surface area contributed by atoms with Gasteiger partial charge in [0.1, 0.15) is 11.1 Å². The van der Waals surface area contributed by atoms with Crippen molar-refractivity contribution in [3.8, 4) is 6.07 Å². The highest BCUT2D eigenvalue weighted by molar-refractivity contribution is 7.98. The predicted octanol–water partition coefficient (Wildman–Crippen LogP) is 3.28. The summed E-state index contributed by atoms with van der Waals surface area (Å²) in [5.41, 5.74) is 3.30. The molecule has 0 radical (unpaired) electrons. The maximum absolute atomic E-state index is 11.0. The maximum atomic E-state index is 11.0. The first-order chi connectivity index (χ1) is 9.99. The molecule has 7 heteroatoms. The third-order valence-corrected chi connectivity index (χ3v) is 4.43. The van der Waals surface area contributed by atoms with Crippen LogP contribution >= 0.6 is 23.1 Å². The number of pyridine rings is 1. The average molecular weight is 318 g/mol. The lowest BCUT2D eigenvalue weighted by Gasteiger charge is -2.06. The van der Waals surface area contributed by atoms with E-state index in [0.29, 0.717) is 16.4 Å². The van der Waals surface area contributed by atoms with Crippen LogP contribution in [0.4, 0.5) is 5.13 Å². The second-order valence-electron chi connectivity index (χ2n) is 4.49. The summed E-state index contributed by atoms with van der Waals surface area (Å²) in [4.78, 5) is 19.7. The Balaban J connectivity index is 2.11. The van der Waals surface area contributed by atoms with Crippen LogP contribution in [0.25, 0.3) is 0 Å². The van der Waals surface area contributed by atoms with Crippen LogP contribution in [0.5, 0.6) is 0 Å². The molecule has 1 amide bonds. The molecular weight excluding hydrogens is 304 g/mol. The molecular formula is C14H14N4OS2.